The van der Waals surface area contributed by atoms with Gasteiger partial charge in [-0.2, -0.15) is 0 Å². The first-order valence-corrected chi connectivity index (χ1v) is 9.24. The van der Waals surface area contributed by atoms with E-state index in [1.807, 2.05) is 0 Å². The van der Waals surface area contributed by atoms with Gasteiger partial charge in [0.15, 0.2) is 0 Å². The van der Waals surface area contributed by atoms with Crippen molar-refractivity contribution in [2.75, 3.05) is 13.1 Å². The van der Waals surface area contributed by atoms with Gasteiger partial charge in [-0.05, 0) is 23.5 Å². The van der Waals surface area contributed by atoms with E-state index in [0.29, 0.717) is 5.92 Å². The highest BCUT2D eigenvalue weighted by Crippen LogP contribution is 2.28. The van der Waals surface area contributed by atoms with Crippen LogP contribution in [-0.2, 0) is 6.54 Å². The fourth-order valence-electron chi connectivity index (χ4n) is 3.48. The topological polar surface area (TPSA) is 15.6 Å². The third-order valence-corrected chi connectivity index (χ3v) is 4.85. The van der Waals surface area contributed by atoms with Gasteiger partial charge < -0.3 is 4.90 Å². The molecular formula is C22H28N2. The van der Waals surface area contributed by atoms with E-state index < -0.39 is 0 Å². The van der Waals surface area contributed by atoms with Gasteiger partial charge in [0.25, 0.3) is 0 Å². The van der Waals surface area contributed by atoms with Gasteiger partial charge in [0.1, 0.15) is 0 Å². The number of hydrogen-bond acceptors (Lipinski definition) is 2. The summed E-state index contributed by atoms with van der Waals surface area (Å²) in [5.41, 5.74) is 2.83. The van der Waals surface area contributed by atoms with Gasteiger partial charge in [0, 0.05) is 19.5 Å². The predicted molar refractivity (Wildman–Crippen MR) is 102 cm³/mol. The third kappa shape index (κ3) is 4.47. The summed E-state index contributed by atoms with van der Waals surface area (Å²) in [5.74, 6) is 1.88. The molecule has 0 fully saturated rings. The molecule has 3 rings (SSSR count). The van der Waals surface area contributed by atoms with Gasteiger partial charge in [-0.1, -0.05) is 80.4 Å². The van der Waals surface area contributed by atoms with E-state index in [9.17, 15) is 0 Å². The van der Waals surface area contributed by atoms with Crippen molar-refractivity contribution in [1.29, 1.82) is 0 Å². The summed E-state index contributed by atoms with van der Waals surface area (Å²) in [6, 6.07) is 21.7. The van der Waals surface area contributed by atoms with E-state index in [2.05, 4.69) is 72.5 Å². The van der Waals surface area contributed by atoms with E-state index >= 15 is 0 Å². The van der Waals surface area contributed by atoms with Crippen molar-refractivity contribution in [2.45, 2.75) is 45.1 Å². The first-order chi connectivity index (χ1) is 11.9. The maximum Gasteiger partial charge on any atom is 0.0999 e. The normalized spacial score (nSPS) is 15.4. The molecule has 0 N–H and O–H groups in total. The van der Waals surface area contributed by atoms with Crippen LogP contribution in [0.1, 0.15) is 49.7 Å². The third-order valence-electron chi connectivity index (χ3n) is 4.85. The summed E-state index contributed by atoms with van der Waals surface area (Å²) < 4.78 is 0. The molecule has 0 amide bonds. The molecule has 24 heavy (non-hydrogen) atoms. The van der Waals surface area contributed by atoms with Crippen LogP contribution >= 0.6 is 0 Å². The van der Waals surface area contributed by atoms with Gasteiger partial charge in [0.05, 0.1) is 12.4 Å². The molecule has 1 atom stereocenters. The molecule has 2 aromatic rings. The Hall–Kier alpha value is -2.09. The maximum absolute atomic E-state index is 4.83. The molecule has 2 heteroatoms. The molecular weight excluding hydrogens is 292 g/mol. The Morgan fingerprint density at radius 1 is 1.00 bits per heavy atom. The van der Waals surface area contributed by atoms with Crippen molar-refractivity contribution >= 4 is 5.84 Å². The average Bonchev–Trinajstić information content (AvgIpc) is 3.07. The van der Waals surface area contributed by atoms with E-state index in [-0.39, 0.29) is 0 Å². The summed E-state index contributed by atoms with van der Waals surface area (Å²) in [5, 5.41) is 0. The second kappa shape index (κ2) is 8.68. The minimum Gasteiger partial charge on any atom is -0.354 e. The summed E-state index contributed by atoms with van der Waals surface area (Å²) in [6.07, 6.45) is 4.85. The Kier molecular flexibility index (Phi) is 6.06. The molecule has 2 aromatic carbocycles. The maximum atomic E-state index is 4.83. The van der Waals surface area contributed by atoms with Crippen LogP contribution in [0.4, 0.5) is 0 Å². The molecule has 0 spiro atoms. The lowest BCUT2D eigenvalue weighted by atomic mass is 9.90. The van der Waals surface area contributed by atoms with Crippen LogP contribution in [0.5, 0.6) is 0 Å². The number of aliphatic imine (C=N–C) groups is 1. The zero-order valence-corrected chi connectivity index (χ0v) is 14.7. The van der Waals surface area contributed by atoms with Gasteiger partial charge >= 0.3 is 0 Å². The second-order valence-electron chi connectivity index (χ2n) is 6.66. The highest BCUT2D eigenvalue weighted by molar-refractivity contribution is 5.84. The Morgan fingerprint density at radius 3 is 2.42 bits per heavy atom. The lowest BCUT2D eigenvalue weighted by Gasteiger charge is -2.24. The lowest BCUT2D eigenvalue weighted by molar-refractivity contribution is 0.435. The SMILES string of the molecule is CCCCC(CC1=NCCN1Cc1ccccc1)c1ccccc1. The minimum absolute atomic E-state index is 0.585. The van der Waals surface area contributed by atoms with Gasteiger partial charge in [-0.3, -0.25) is 4.99 Å². The number of rotatable bonds is 8. The van der Waals surface area contributed by atoms with Gasteiger partial charge in [-0.25, -0.2) is 0 Å². The van der Waals surface area contributed by atoms with E-state index in [4.69, 9.17) is 4.99 Å². The molecule has 0 aliphatic carbocycles. The Balaban J connectivity index is 1.68. The van der Waals surface area contributed by atoms with Crippen molar-refractivity contribution in [1.82, 2.24) is 4.90 Å². The summed E-state index contributed by atoms with van der Waals surface area (Å²) in [4.78, 5) is 7.30. The molecule has 1 unspecified atom stereocenters. The first kappa shape index (κ1) is 16.8. The molecule has 0 radical (unpaired) electrons. The molecule has 2 nitrogen and oxygen atoms in total. The van der Waals surface area contributed by atoms with Crippen molar-refractivity contribution in [3.05, 3.63) is 71.8 Å². The van der Waals surface area contributed by atoms with Crippen molar-refractivity contribution in [3.63, 3.8) is 0 Å². The first-order valence-electron chi connectivity index (χ1n) is 9.24. The molecule has 1 aliphatic heterocycles. The van der Waals surface area contributed by atoms with Crippen LogP contribution in [0.25, 0.3) is 0 Å². The fourth-order valence-corrected chi connectivity index (χ4v) is 3.48. The Bertz CT molecular complexity index is 634. The lowest BCUT2D eigenvalue weighted by Crippen LogP contribution is -2.28. The molecule has 126 valence electrons. The zero-order chi connectivity index (χ0) is 16.6. The van der Waals surface area contributed by atoms with E-state index in [0.717, 1.165) is 26.1 Å². The molecule has 1 aliphatic rings. The summed E-state index contributed by atoms with van der Waals surface area (Å²) >= 11 is 0. The second-order valence-corrected chi connectivity index (χ2v) is 6.66. The van der Waals surface area contributed by atoms with Crippen molar-refractivity contribution < 1.29 is 0 Å². The predicted octanol–water partition coefficient (Wildman–Crippen LogP) is 5.26. The number of unbranched alkanes of at least 4 members (excludes halogenated alkanes) is 1. The summed E-state index contributed by atoms with van der Waals surface area (Å²) in [6.45, 7) is 5.25. The largest absolute Gasteiger partial charge is 0.354 e. The minimum atomic E-state index is 0.585. The molecule has 1 heterocycles. The summed E-state index contributed by atoms with van der Waals surface area (Å²) in [7, 11) is 0. The highest BCUT2D eigenvalue weighted by Gasteiger charge is 2.22. The standard InChI is InChI=1S/C22H28N2/c1-2-3-12-21(20-13-8-5-9-14-20)17-22-23-15-16-24(22)18-19-10-6-4-7-11-19/h4-11,13-14,21H,2-3,12,15-18H2,1H3. The number of hydrogen-bond donors (Lipinski definition) is 0. The number of nitrogens with zero attached hydrogens (tertiary/aromatic N) is 2. The smallest absolute Gasteiger partial charge is 0.0999 e. The van der Waals surface area contributed by atoms with Gasteiger partial charge in [0.2, 0.25) is 0 Å². The number of benzene rings is 2. The van der Waals surface area contributed by atoms with E-state index in [1.165, 1.54) is 36.2 Å². The molecule has 0 aromatic heterocycles. The Labute approximate surface area is 146 Å². The number of amidine groups is 1. The van der Waals surface area contributed by atoms with Gasteiger partial charge in [-0.15, -0.1) is 0 Å². The van der Waals surface area contributed by atoms with Crippen LogP contribution in [-0.4, -0.2) is 23.8 Å². The zero-order valence-electron chi connectivity index (χ0n) is 14.7. The fraction of sp³-hybridized carbons (Fsp3) is 0.409. The average molecular weight is 320 g/mol. The van der Waals surface area contributed by atoms with Crippen LogP contribution in [0.3, 0.4) is 0 Å². The molecule has 0 saturated heterocycles. The van der Waals surface area contributed by atoms with Crippen LogP contribution in [0.2, 0.25) is 0 Å². The van der Waals surface area contributed by atoms with Crippen LogP contribution < -0.4 is 0 Å². The highest BCUT2D eigenvalue weighted by atomic mass is 15.2. The Morgan fingerprint density at radius 2 is 1.71 bits per heavy atom. The van der Waals surface area contributed by atoms with Crippen LogP contribution in [0, 0.1) is 0 Å². The molecule has 0 saturated carbocycles. The molecule has 0 bridgehead atoms. The monoisotopic (exact) mass is 320 g/mol. The van der Waals surface area contributed by atoms with E-state index in [1.54, 1.807) is 0 Å². The van der Waals surface area contributed by atoms with Crippen LogP contribution in [0.15, 0.2) is 65.7 Å². The van der Waals surface area contributed by atoms with Crippen molar-refractivity contribution in [2.24, 2.45) is 4.99 Å². The van der Waals surface area contributed by atoms with Crippen molar-refractivity contribution in [3.8, 4) is 0 Å². The quantitative estimate of drug-likeness (QED) is 0.647.